The molecule has 0 unspecified atom stereocenters. The van der Waals surface area contributed by atoms with E-state index in [9.17, 15) is 5.11 Å². The fraction of sp³-hybridized carbons (Fsp3) is 0.391. The topological polar surface area (TPSA) is 41.9 Å². The largest absolute Gasteiger partial charge is 0.492 e. The van der Waals surface area contributed by atoms with Crippen LogP contribution in [0.4, 0.5) is 0 Å². The molecule has 0 radical (unpaired) electrons. The van der Waals surface area contributed by atoms with E-state index in [0.29, 0.717) is 6.61 Å². The zero-order valence-electron chi connectivity index (χ0n) is 16.4. The number of nitrogens with zero attached hydrogens (tertiary/aromatic N) is 1. The van der Waals surface area contributed by atoms with Crippen LogP contribution in [0, 0.1) is 0 Å². The van der Waals surface area contributed by atoms with Crippen LogP contribution in [0.2, 0.25) is 0 Å². The van der Waals surface area contributed by atoms with Crippen LogP contribution in [0.1, 0.15) is 31.9 Å². The Labute approximate surface area is 162 Å². The Morgan fingerprint density at radius 3 is 2.74 bits per heavy atom. The smallest absolute Gasteiger partial charge is 0.123 e. The van der Waals surface area contributed by atoms with Gasteiger partial charge in [-0.2, -0.15) is 0 Å². The predicted molar refractivity (Wildman–Crippen MR) is 108 cm³/mol. The van der Waals surface area contributed by atoms with E-state index in [4.69, 9.17) is 9.47 Å². The number of benzene rings is 2. The first-order valence-electron chi connectivity index (χ1n) is 9.46. The summed E-state index contributed by atoms with van der Waals surface area (Å²) in [7, 11) is 0. The molecule has 4 nitrogen and oxygen atoms in total. The lowest BCUT2D eigenvalue weighted by Crippen LogP contribution is -2.30. The summed E-state index contributed by atoms with van der Waals surface area (Å²) in [5, 5.41) is 11.0. The maximum Gasteiger partial charge on any atom is 0.123 e. The molecule has 1 heterocycles. The van der Waals surface area contributed by atoms with E-state index >= 15 is 0 Å². The van der Waals surface area contributed by atoms with E-state index in [1.807, 2.05) is 48.5 Å². The van der Waals surface area contributed by atoms with Gasteiger partial charge in [-0.05, 0) is 50.6 Å². The zero-order chi connectivity index (χ0) is 19.3. The molecule has 1 N–H and O–H groups in total. The Morgan fingerprint density at radius 2 is 2.00 bits per heavy atom. The van der Waals surface area contributed by atoms with Crippen molar-refractivity contribution < 1.29 is 14.6 Å². The normalized spacial score (nSPS) is 16.4. The zero-order valence-corrected chi connectivity index (χ0v) is 16.4. The standard InChI is InChI=1S/C23H29NO3/c1-18(2)11-12-24-13-14-26-22-10-9-20(15-19(22)16-24)23(3,25)17-27-21-7-5-4-6-8-21/h4-11,15,25H,12-14,16-17H2,1-3H3/t23-/m1/s1. The molecule has 0 saturated heterocycles. The Morgan fingerprint density at radius 1 is 1.22 bits per heavy atom. The molecule has 4 heteroatoms. The molecular weight excluding hydrogens is 338 g/mol. The first-order valence-corrected chi connectivity index (χ1v) is 9.46. The molecule has 0 spiro atoms. The summed E-state index contributed by atoms with van der Waals surface area (Å²) < 4.78 is 11.7. The molecule has 1 aliphatic heterocycles. The van der Waals surface area contributed by atoms with Crippen molar-refractivity contribution in [2.45, 2.75) is 32.9 Å². The van der Waals surface area contributed by atoms with Gasteiger partial charge in [-0.1, -0.05) is 35.9 Å². The summed E-state index contributed by atoms with van der Waals surface area (Å²) in [6, 6.07) is 15.5. The van der Waals surface area contributed by atoms with Crippen molar-refractivity contribution in [2.75, 3.05) is 26.3 Å². The van der Waals surface area contributed by atoms with E-state index in [1.165, 1.54) is 5.57 Å². The highest BCUT2D eigenvalue weighted by molar-refractivity contribution is 5.40. The van der Waals surface area contributed by atoms with Crippen LogP contribution < -0.4 is 9.47 Å². The maximum absolute atomic E-state index is 11.0. The van der Waals surface area contributed by atoms with Crippen molar-refractivity contribution in [1.29, 1.82) is 0 Å². The summed E-state index contributed by atoms with van der Waals surface area (Å²) in [6.45, 7) is 9.49. The summed E-state index contributed by atoms with van der Waals surface area (Å²) in [6.07, 6.45) is 2.23. The molecule has 3 rings (SSSR count). The van der Waals surface area contributed by atoms with Crippen LogP contribution in [-0.2, 0) is 12.1 Å². The number of allylic oxidation sites excluding steroid dienone is 1. The molecule has 0 bridgehead atoms. The number of fused-ring (bicyclic) bond motifs is 1. The molecule has 0 aromatic heterocycles. The van der Waals surface area contributed by atoms with Crippen molar-refractivity contribution in [3.63, 3.8) is 0 Å². The molecule has 0 fully saturated rings. The summed E-state index contributed by atoms with van der Waals surface area (Å²) in [5.74, 6) is 1.65. The molecule has 2 aromatic carbocycles. The second-order valence-electron chi connectivity index (χ2n) is 7.56. The van der Waals surface area contributed by atoms with Gasteiger partial charge in [0.2, 0.25) is 0 Å². The second kappa shape index (κ2) is 8.59. The monoisotopic (exact) mass is 367 g/mol. The first-order chi connectivity index (χ1) is 12.9. The minimum atomic E-state index is -1.08. The van der Waals surface area contributed by atoms with Crippen molar-refractivity contribution in [2.24, 2.45) is 0 Å². The third-order valence-electron chi connectivity index (χ3n) is 4.76. The summed E-state index contributed by atoms with van der Waals surface area (Å²) in [4.78, 5) is 2.36. The Kier molecular flexibility index (Phi) is 6.19. The molecule has 1 aliphatic rings. The summed E-state index contributed by atoms with van der Waals surface area (Å²) in [5.41, 5.74) is 2.18. The minimum absolute atomic E-state index is 0.193. The highest BCUT2D eigenvalue weighted by Gasteiger charge is 2.26. The van der Waals surface area contributed by atoms with Crippen molar-refractivity contribution in [3.8, 4) is 11.5 Å². The Balaban J connectivity index is 1.74. The van der Waals surface area contributed by atoms with E-state index in [0.717, 1.165) is 42.3 Å². The number of ether oxygens (including phenoxy) is 2. The average molecular weight is 367 g/mol. The van der Waals surface area contributed by atoms with Crippen LogP contribution in [-0.4, -0.2) is 36.3 Å². The molecule has 0 saturated carbocycles. The fourth-order valence-electron chi connectivity index (χ4n) is 3.07. The van der Waals surface area contributed by atoms with Crippen molar-refractivity contribution in [1.82, 2.24) is 4.90 Å². The highest BCUT2D eigenvalue weighted by Crippen LogP contribution is 2.30. The lowest BCUT2D eigenvalue weighted by molar-refractivity contribution is 0.00748. The second-order valence-corrected chi connectivity index (χ2v) is 7.56. The van der Waals surface area contributed by atoms with E-state index in [2.05, 4.69) is 24.8 Å². The van der Waals surface area contributed by atoms with Crippen LogP contribution in [0.25, 0.3) is 0 Å². The van der Waals surface area contributed by atoms with Crippen LogP contribution in [0.3, 0.4) is 0 Å². The molecule has 1 atom stereocenters. The van der Waals surface area contributed by atoms with Gasteiger partial charge in [0, 0.05) is 25.2 Å². The predicted octanol–water partition coefficient (Wildman–Crippen LogP) is 4.13. The highest BCUT2D eigenvalue weighted by atomic mass is 16.5. The van der Waals surface area contributed by atoms with Crippen molar-refractivity contribution >= 4 is 0 Å². The fourth-order valence-corrected chi connectivity index (χ4v) is 3.07. The Hall–Kier alpha value is -2.30. The van der Waals surface area contributed by atoms with Gasteiger partial charge in [0.25, 0.3) is 0 Å². The first kappa shape index (κ1) is 19.5. The van der Waals surface area contributed by atoms with Gasteiger partial charge < -0.3 is 14.6 Å². The van der Waals surface area contributed by atoms with Gasteiger partial charge in [-0.15, -0.1) is 0 Å². The molecule has 144 valence electrons. The van der Waals surface area contributed by atoms with Crippen LogP contribution >= 0.6 is 0 Å². The minimum Gasteiger partial charge on any atom is -0.492 e. The SMILES string of the molecule is CC(C)=CCN1CCOc2ccc([C@](C)(O)COc3ccccc3)cc2C1. The van der Waals surface area contributed by atoms with Gasteiger partial charge in [0.15, 0.2) is 0 Å². The van der Waals surface area contributed by atoms with Gasteiger partial charge in [-0.25, -0.2) is 0 Å². The van der Waals surface area contributed by atoms with E-state index < -0.39 is 5.60 Å². The van der Waals surface area contributed by atoms with Gasteiger partial charge in [-0.3, -0.25) is 4.90 Å². The Bertz CT molecular complexity index is 779. The van der Waals surface area contributed by atoms with Crippen molar-refractivity contribution in [3.05, 3.63) is 71.3 Å². The average Bonchev–Trinajstić information content (AvgIpc) is 2.87. The van der Waals surface area contributed by atoms with Gasteiger partial charge in [0.1, 0.15) is 30.3 Å². The molecule has 2 aromatic rings. The van der Waals surface area contributed by atoms with E-state index in [1.54, 1.807) is 6.92 Å². The molecular formula is C23H29NO3. The van der Waals surface area contributed by atoms with Crippen LogP contribution in [0.15, 0.2) is 60.2 Å². The third kappa shape index (κ3) is 5.34. The molecule has 0 aliphatic carbocycles. The van der Waals surface area contributed by atoms with Gasteiger partial charge in [0.05, 0.1) is 0 Å². The lowest BCUT2D eigenvalue weighted by Gasteiger charge is -2.25. The number of hydrogen-bond acceptors (Lipinski definition) is 4. The maximum atomic E-state index is 11.0. The van der Waals surface area contributed by atoms with Gasteiger partial charge >= 0.3 is 0 Å². The third-order valence-corrected chi connectivity index (χ3v) is 4.76. The number of para-hydroxylation sites is 1. The summed E-state index contributed by atoms with van der Waals surface area (Å²) >= 11 is 0. The lowest BCUT2D eigenvalue weighted by atomic mass is 9.94. The quantitative estimate of drug-likeness (QED) is 0.780. The number of rotatable bonds is 6. The van der Waals surface area contributed by atoms with Crippen LogP contribution in [0.5, 0.6) is 11.5 Å². The van der Waals surface area contributed by atoms with E-state index in [-0.39, 0.29) is 6.61 Å². The molecule has 0 amide bonds. The molecule has 27 heavy (non-hydrogen) atoms. The number of hydrogen-bond donors (Lipinski definition) is 1. The number of aliphatic hydroxyl groups is 1.